The summed E-state index contributed by atoms with van der Waals surface area (Å²) < 4.78 is 10.9. The summed E-state index contributed by atoms with van der Waals surface area (Å²) >= 11 is 0. The van der Waals surface area contributed by atoms with Gasteiger partial charge in [-0.2, -0.15) is 0 Å². The van der Waals surface area contributed by atoms with Gasteiger partial charge >= 0.3 is 0 Å². The van der Waals surface area contributed by atoms with E-state index < -0.39 is 5.79 Å². The van der Waals surface area contributed by atoms with Gasteiger partial charge in [-0.25, -0.2) is 0 Å². The van der Waals surface area contributed by atoms with E-state index in [0.717, 1.165) is 26.1 Å². The maximum atomic E-state index is 11.0. The van der Waals surface area contributed by atoms with Gasteiger partial charge in [-0.05, 0) is 6.42 Å². The number of carbonyl (C=O) groups is 1. The van der Waals surface area contributed by atoms with Gasteiger partial charge in [0.15, 0.2) is 5.79 Å². The SMILES string of the molecule is O=C1CCC2(C1)OCCCO2. The monoisotopic (exact) mass is 156 g/mol. The predicted molar refractivity (Wildman–Crippen MR) is 38.1 cm³/mol. The fourth-order valence-corrected chi connectivity index (χ4v) is 1.67. The number of ether oxygens (including phenoxy) is 2. The molecule has 0 bridgehead atoms. The average Bonchev–Trinajstić information content (AvgIpc) is 2.34. The summed E-state index contributed by atoms with van der Waals surface area (Å²) in [6.45, 7) is 1.49. The van der Waals surface area contributed by atoms with E-state index in [-0.39, 0.29) is 5.78 Å². The molecule has 11 heavy (non-hydrogen) atoms. The van der Waals surface area contributed by atoms with Crippen molar-refractivity contribution in [3.63, 3.8) is 0 Å². The summed E-state index contributed by atoms with van der Waals surface area (Å²) in [5.74, 6) is -0.234. The normalized spacial score (nSPS) is 29.6. The summed E-state index contributed by atoms with van der Waals surface area (Å²) in [6.07, 6.45) is 2.80. The van der Waals surface area contributed by atoms with Crippen molar-refractivity contribution >= 4 is 5.78 Å². The summed E-state index contributed by atoms with van der Waals surface area (Å²) in [5, 5.41) is 0. The lowest BCUT2D eigenvalue weighted by atomic mass is 10.2. The zero-order chi connectivity index (χ0) is 7.73. The van der Waals surface area contributed by atoms with Crippen LogP contribution in [0.4, 0.5) is 0 Å². The predicted octanol–water partition coefficient (Wildman–Crippen LogP) is 0.873. The Bertz CT molecular complexity index is 170. The average molecular weight is 156 g/mol. The maximum absolute atomic E-state index is 11.0. The maximum Gasteiger partial charge on any atom is 0.175 e. The smallest absolute Gasteiger partial charge is 0.175 e. The number of Topliss-reactive ketones (excluding diaryl/α,β-unsaturated/α-hetero) is 1. The molecule has 2 fully saturated rings. The minimum absolute atomic E-state index is 0.270. The Morgan fingerprint density at radius 1 is 1.27 bits per heavy atom. The van der Waals surface area contributed by atoms with Gasteiger partial charge < -0.3 is 9.47 Å². The third-order valence-corrected chi connectivity index (χ3v) is 2.27. The van der Waals surface area contributed by atoms with Crippen molar-refractivity contribution in [3.8, 4) is 0 Å². The molecule has 0 aromatic carbocycles. The molecule has 1 heterocycles. The lowest BCUT2D eigenvalue weighted by Gasteiger charge is -2.32. The second kappa shape index (κ2) is 2.57. The van der Waals surface area contributed by atoms with Crippen molar-refractivity contribution in [2.45, 2.75) is 31.5 Å². The standard InChI is InChI=1S/C8H12O3/c9-7-2-3-8(6-7)10-4-1-5-11-8/h1-6H2. The van der Waals surface area contributed by atoms with Gasteiger partial charge in [-0.1, -0.05) is 0 Å². The number of hydrogen-bond acceptors (Lipinski definition) is 3. The first kappa shape index (κ1) is 7.25. The highest BCUT2D eigenvalue weighted by molar-refractivity contribution is 5.81. The van der Waals surface area contributed by atoms with Gasteiger partial charge in [-0.3, -0.25) is 4.79 Å². The van der Waals surface area contributed by atoms with Crippen molar-refractivity contribution in [1.29, 1.82) is 0 Å². The molecule has 1 aliphatic heterocycles. The zero-order valence-corrected chi connectivity index (χ0v) is 6.47. The van der Waals surface area contributed by atoms with E-state index >= 15 is 0 Å². The molecule has 1 saturated carbocycles. The fourth-order valence-electron chi connectivity index (χ4n) is 1.67. The molecular formula is C8H12O3. The van der Waals surface area contributed by atoms with Crippen molar-refractivity contribution < 1.29 is 14.3 Å². The van der Waals surface area contributed by atoms with Crippen LogP contribution in [0.25, 0.3) is 0 Å². The number of rotatable bonds is 0. The number of hydrogen-bond donors (Lipinski definition) is 0. The topological polar surface area (TPSA) is 35.5 Å². The molecule has 1 saturated heterocycles. The molecule has 0 aromatic heterocycles. The van der Waals surface area contributed by atoms with Gasteiger partial charge in [0.1, 0.15) is 5.78 Å². The van der Waals surface area contributed by atoms with E-state index in [1.54, 1.807) is 0 Å². The van der Waals surface area contributed by atoms with Gasteiger partial charge in [0.2, 0.25) is 0 Å². The van der Waals surface area contributed by atoms with E-state index in [1.165, 1.54) is 0 Å². The van der Waals surface area contributed by atoms with E-state index in [0.29, 0.717) is 12.8 Å². The molecule has 0 unspecified atom stereocenters. The van der Waals surface area contributed by atoms with Crippen molar-refractivity contribution in [2.75, 3.05) is 13.2 Å². The molecule has 0 atom stereocenters. The third-order valence-electron chi connectivity index (χ3n) is 2.27. The lowest BCUT2D eigenvalue weighted by molar-refractivity contribution is -0.260. The number of ketones is 1. The Kier molecular flexibility index (Phi) is 1.69. The Balaban J connectivity index is 2.03. The molecule has 0 amide bonds. The quantitative estimate of drug-likeness (QED) is 0.522. The summed E-state index contributed by atoms with van der Waals surface area (Å²) in [4.78, 5) is 11.0. The van der Waals surface area contributed by atoms with Crippen LogP contribution in [0.2, 0.25) is 0 Å². The van der Waals surface area contributed by atoms with Crippen LogP contribution in [0.3, 0.4) is 0 Å². The van der Waals surface area contributed by atoms with Crippen LogP contribution in [-0.4, -0.2) is 24.8 Å². The summed E-state index contributed by atoms with van der Waals surface area (Å²) in [7, 11) is 0. The molecular weight excluding hydrogens is 144 g/mol. The van der Waals surface area contributed by atoms with Crippen LogP contribution < -0.4 is 0 Å². The van der Waals surface area contributed by atoms with Crippen LogP contribution in [0, 0.1) is 0 Å². The molecule has 0 radical (unpaired) electrons. The molecule has 3 heteroatoms. The van der Waals surface area contributed by atoms with Crippen LogP contribution in [-0.2, 0) is 14.3 Å². The molecule has 2 aliphatic rings. The van der Waals surface area contributed by atoms with Crippen LogP contribution in [0.15, 0.2) is 0 Å². The second-order valence-electron chi connectivity index (χ2n) is 3.18. The molecule has 3 nitrogen and oxygen atoms in total. The van der Waals surface area contributed by atoms with Crippen molar-refractivity contribution in [2.24, 2.45) is 0 Å². The van der Waals surface area contributed by atoms with Gasteiger partial charge in [0, 0.05) is 12.8 Å². The minimum Gasteiger partial charge on any atom is -0.349 e. The first-order valence-electron chi connectivity index (χ1n) is 4.10. The Hall–Kier alpha value is -0.410. The first-order valence-corrected chi connectivity index (χ1v) is 4.10. The zero-order valence-electron chi connectivity index (χ0n) is 6.47. The molecule has 1 aliphatic carbocycles. The summed E-state index contributed by atoms with van der Waals surface area (Å²) in [6, 6.07) is 0. The largest absolute Gasteiger partial charge is 0.349 e. The number of carbonyl (C=O) groups excluding carboxylic acids is 1. The van der Waals surface area contributed by atoms with Gasteiger partial charge in [-0.15, -0.1) is 0 Å². The summed E-state index contributed by atoms with van der Waals surface area (Å²) in [5.41, 5.74) is 0. The molecule has 1 spiro atoms. The molecule has 0 aromatic rings. The second-order valence-corrected chi connectivity index (χ2v) is 3.18. The van der Waals surface area contributed by atoms with Crippen LogP contribution in [0.5, 0.6) is 0 Å². The highest BCUT2D eigenvalue weighted by Crippen LogP contribution is 2.34. The van der Waals surface area contributed by atoms with Crippen LogP contribution >= 0.6 is 0 Å². The highest BCUT2D eigenvalue weighted by Gasteiger charge is 2.41. The lowest BCUT2D eigenvalue weighted by Crippen LogP contribution is -2.38. The molecule has 0 N–H and O–H groups in total. The molecule has 2 rings (SSSR count). The van der Waals surface area contributed by atoms with E-state index in [1.807, 2.05) is 0 Å². The third kappa shape index (κ3) is 1.30. The van der Waals surface area contributed by atoms with E-state index in [4.69, 9.17) is 9.47 Å². The van der Waals surface area contributed by atoms with Crippen molar-refractivity contribution in [3.05, 3.63) is 0 Å². The fraction of sp³-hybridized carbons (Fsp3) is 0.875. The molecule has 62 valence electrons. The van der Waals surface area contributed by atoms with E-state index in [9.17, 15) is 4.79 Å². The minimum atomic E-state index is -0.505. The Morgan fingerprint density at radius 3 is 2.55 bits per heavy atom. The van der Waals surface area contributed by atoms with Crippen molar-refractivity contribution in [1.82, 2.24) is 0 Å². The highest BCUT2D eigenvalue weighted by atomic mass is 16.7. The van der Waals surface area contributed by atoms with Gasteiger partial charge in [0.05, 0.1) is 19.6 Å². The Morgan fingerprint density at radius 2 is 2.00 bits per heavy atom. The first-order chi connectivity index (χ1) is 5.31. The van der Waals surface area contributed by atoms with Gasteiger partial charge in [0.25, 0.3) is 0 Å². The van der Waals surface area contributed by atoms with E-state index in [2.05, 4.69) is 0 Å². The van der Waals surface area contributed by atoms with Crippen LogP contribution in [0.1, 0.15) is 25.7 Å². The Labute approximate surface area is 65.7 Å².